The number of aromatic nitrogens is 2. The maximum absolute atomic E-state index is 14.0. The molecule has 0 spiro atoms. The van der Waals surface area contributed by atoms with Gasteiger partial charge < -0.3 is 10.1 Å². The van der Waals surface area contributed by atoms with Gasteiger partial charge in [0.05, 0.1) is 29.0 Å². The van der Waals surface area contributed by atoms with E-state index in [4.69, 9.17) is 9.72 Å². The van der Waals surface area contributed by atoms with Gasteiger partial charge in [0, 0.05) is 17.3 Å². The van der Waals surface area contributed by atoms with Crippen LogP contribution in [0.4, 0.5) is 0 Å². The standard InChI is InChI=1S/C29H31N3O3S2/c1-18-10-12-21(13-11-18)32-27(34)25-22-15-29(3,4)35-16-23(22)37-26(25)31-28(32)36-17-24(33)30-19(2)14-20-8-6-5-7-9-20/h5-13,19H,14-17H2,1-4H3,(H,30,33)/t19-/m0/s1. The first-order valence-electron chi connectivity index (χ1n) is 12.4. The molecule has 1 aliphatic heterocycles. The molecule has 0 aliphatic carbocycles. The minimum absolute atomic E-state index is 0.00222. The summed E-state index contributed by atoms with van der Waals surface area (Å²) in [7, 11) is 0. The fraction of sp³-hybridized carbons (Fsp3) is 0.345. The van der Waals surface area contributed by atoms with Gasteiger partial charge in [0.15, 0.2) is 5.16 Å². The molecule has 0 fully saturated rings. The van der Waals surface area contributed by atoms with Crippen LogP contribution in [0.5, 0.6) is 0 Å². The van der Waals surface area contributed by atoms with Crippen molar-refractivity contribution in [1.82, 2.24) is 14.9 Å². The summed E-state index contributed by atoms with van der Waals surface area (Å²) in [4.78, 5) is 33.5. The molecule has 5 rings (SSSR count). The topological polar surface area (TPSA) is 73.2 Å². The van der Waals surface area contributed by atoms with Crippen molar-refractivity contribution in [2.24, 2.45) is 0 Å². The third-order valence-corrected chi connectivity index (χ3v) is 8.53. The van der Waals surface area contributed by atoms with Crippen LogP contribution < -0.4 is 10.9 Å². The lowest BCUT2D eigenvalue weighted by Gasteiger charge is -2.29. The number of benzene rings is 2. The quantitative estimate of drug-likeness (QED) is 0.253. The number of hydrogen-bond donors (Lipinski definition) is 1. The predicted octanol–water partition coefficient (Wildman–Crippen LogP) is 5.45. The molecule has 1 N–H and O–H groups in total. The number of hydrogen-bond acceptors (Lipinski definition) is 6. The molecule has 0 unspecified atom stereocenters. The molecular weight excluding hydrogens is 502 g/mol. The summed E-state index contributed by atoms with van der Waals surface area (Å²) in [6, 6.07) is 17.9. The van der Waals surface area contributed by atoms with Crippen LogP contribution in [0.1, 0.15) is 42.3 Å². The highest BCUT2D eigenvalue weighted by molar-refractivity contribution is 7.99. The van der Waals surface area contributed by atoms with Crippen molar-refractivity contribution in [3.05, 3.63) is 86.5 Å². The van der Waals surface area contributed by atoms with Crippen LogP contribution in [0.2, 0.25) is 0 Å². The number of rotatable bonds is 7. The molecule has 0 saturated carbocycles. The summed E-state index contributed by atoms with van der Waals surface area (Å²) in [5, 5.41) is 4.27. The molecule has 1 atom stereocenters. The normalized spacial score (nSPS) is 15.4. The average molecular weight is 534 g/mol. The number of nitrogens with zero attached hydrogens (tertiary/aromatic N) is 2. The van der Waals surface area contributed by atoms with E-state index in [1.807, 2.05) is 70.2 Å². The van der Waals surface area contributed by atoms with Crippen molar-refractivity contribution >= 4 is 39.2 Å². The van der Waals surface area contributed by atoms with Crippen LogP contribution in [-0.4, -0.2) is 32.9 Å². The fourth-order valence-corrected chi connectivity index (χ4v) is 6.63. The molecule has 4 aromatic rings. The highest BCUT2D eigenvalue weighted by Crippen LogP contribution is 2.38. The van der Waals surface area contributed by atoms with Crippen molar-refractivity contribution in [1.29, 1.82) is 0 Å². The second-order valence-electron chi connectivity index (χ2n) is 10.2. The van der Waals surface area contributed by atoms with Crippen LogP contribution in [0.15, 0.2) is 64.5 Å². The van der Waals surface area contributed by atoms with E-state index < -0.39 is 0 Å². The Morgan fingerprint density at radius 2 is 1.92 bits per heavy atom. The lowest BCUT2D eigenvalue weighted by Crippen LogP contribution is -2.35. The molecule has 192 valence electrons. The van der Waals surface area contributed by atoms with Crippen LogP contribution in [-0.2, 0) is 29.0 Å². The summed E-state index contributed by atoms with van der Waals surface area (Å²) in [6.45, 7) is 8.60. The summed E-state index contributed by atoms with van der Waals surface area (Å²) in [5.74, 6) is 0.0864. The zero-order chi connectivity index (χ0) is 26.2. The Hall–Kier alpha value is -2.94. The van der Waals surface area contributed by atoms with E-state index in [1.54, 1.807) is 4.57 Å². The SMILES string of the molecule is Cc1ccc(-n2c(SCC(=O)N[C@@H](C)Cc3ccccc3)nc3sc4c(c3c2=O)CC(C)(C)OC4)cc1. The van der Waals surface area contributed by atoms with E-state index >= 15 is 0 Å². The second kappa shape index (κ2) is 10.4. The Kier molecular flexibility index (Phi) is 7.25. The zero-order valence-corrected chi connectivity index (χ0v) is 23.2. The van der Waals surface area contributed by atoms with Gasteiger partial charge in [-0.05, 0) is 57.4 Å². The Balaban J connectivity index is 1.45. The minimum atomic E-state index is -0.329. The number of ether oxygens (including phenoxy) is 1. The molecule has 6 nitrogen and oxygen atoms in total. The maximum atomic E-state index is 14.0. The molecule has 8 heteroatoms. The Morgan fingerprint density at radius 1 is 1.19 bits per heavy atom. The number of amides is 1. The van der Waals surface area contributed by atoms with Gasteiger partial charge in [-0.25, -0.2) is 4.98 Å². The van der Waals surface area contributed by atoms with E-state index in [0.717, 1.165) is 28.1 Å². The molecular formula is C29H31N3O3S2. The largest absolute Gasteiger partial charge is 0.370 e. The lowest BCUT2D eigenvalue weighted by atomic mass is 9.94. The monoisotopic (exact) mass is 533 g/mol. The number of thiophene rings is 1. The molecule has 2 aromatic heterocycles. The van der Waals surface area contributed by atoms with Crippen LogP contribution in [0.3, 0.4) is 0 Å². The number of carbonyl (C=O) groups is 1. The molecule has 0 radical (unpaired) electrons. The first-order valence-corrected chi connectivity index (χ1v) is 14.2. The first-order chi connectivity index (χ1) is 17.7. The smallest absolute Gasteiger partial charge is 0.267 e. The third kappa shape index (κ3) is 5.66. The Bertz CT molecular complexity index is 1490. The summed E-state index contributed by atoms with van der Waals surface area (Å²) in [5.41, 5.74) is 3.65. The highest BCUT2D eigenvalue weighted by Gasteiger charge is 2.31. The second-order valence-corrected chi connectivity index (χ2v) is 12.3. The first kappa shape index (κ1) is 25.7. The molecule has 37 heavy (non-hydrogen) atoms. The van der Waals surface area contributed by atoms with Gasteiger partial charge in [0.2, 0.25) is 5.91 Å². The summed E-state index contributed by atoms with van der Waals surface area (Å²) in [6.07, 6.45) is 1.43. The van der Waals surface area contributed by atoms with Gasteiger partial charge in [-0.15, -0.1) is 11.3 Å². The lowest BCUT2D eigenvalue weighted by molar-refractivity contribution is -0.119. The highest BCUT2D eigenvalue weighted by atomic mass is 32.2. The number of carbonyl (C=O) groups excluding carboxylic acids is 1. The van der Waals surface area contributed by atoms with Crippen molar-refractivity contribution in [2.75, 3.05) is 5.75 Å². The van der Waals surface area contributed by atoms with Gasteiger partial charge in [-0.1, -0.05) is 59.8 Å². The Labute approximate surface area is 225 Å². The van der Waals surface area contributed by atoms with Gasteiger partial charge in [-0.3, -0.25) is 14.2 Å². The van der Waals surface area contributed by atoms with Crippen molar-refractivity contribution in [3.63, 3.8) is 0 Å². The van der Waals surface area contributed by atoms with E-state index in [2.05, 4.69) is 17.4 Å². The zero-order valence-electron chi connectivity index (χ0n) is 21.5. The number of nitrogens with one attached hydrogen (secondary N) is 1. The predicted molar refractivity (Wildman–Crippen MR) is 151 cm³/mol. The molecule has 0 bridgehead atoms. The maximum Gasteiger partial charge on any atom is 0.267 e. The van der Waals surface area contributed by atoms with E-state index in [-0.39, 0.29) is 28.9 Å². The van der Waals surface area contributed by atoms with E-state index in [1.165, 1.54) is 28.7 Å². The minimum Gasteiger partial charge on any atom is -0.370 e. The van der Waals surface area contributed by atoms with Crippen LogP contribution in [0, 0.1) is 6.92 Å². The molecule has 1 amide bonds. The van der Waals surface area contributed by atoms with Gasteiger partial charge >= 0.3 is 0 Å². The van der Waals surface area contributed by atoms with Crippen molar-refractivity contribution in [3.8, 4) is 5.69 Å². The molecule has 3 heterocycles. The van der Waals surface area contributed by atoms with E-state index in [9.17, 15) is 9.59 Å². The van der Waals surface area contributed by atoms with Crippen LogP contribution in [0.25, 0.3) is 15.9 Å². The van der Waals surface area contributed by atoms with Crippen LogP contribution >= 0.6 is 23.1 Å². The number of fused-ring (bicyclic) bond motifs is 3. The van der Waals surface area contributed by atoms with Crippen molar-refractivity contribution in [2.45, 2.75) is 63.9 Å². The number of thioether (sulfide) groups is 1. The Morgan fingerprint density at radius 3 is 2.65 bits per heavy atom. The summed E-state index contributed by atoms with van der Waals surface area (Å²) >= 11 is 2.81. The summed E-state index contributed by atoms with van der Waals surface area (Å²) < 4.78 is 7.65. The average Bonchev–Trinajstić information content (AvgIpc) is 3.21. The molecule has 1 aliphatic rings. The van der Waals surface area contributed by atoms with Gasteiger partial charge in [-0.2, -0.15) is 0 Å². The molecule has 0 saturated heterocycles. The number of aryl methyl sites for hydroxylation is 1. The van der Waals surface area contributed by atoms with Gasteiger partial charge in [0.25, 0.3) is 5.56 Å². The molecule has 2 aromatic carbocycles. The third-order valence-electron chi connectivity index (χ3n) is 6.49. The fourth-order valence-electron chi connectivity index (χ4n) is 4.66. The van der Waals surface area contributed by atoms with E-state index in [0.29, 0.717) is 28.4 Å². The van der Waals surface area contributed by atoms with Crippen molar-refractivity contribution < 1.29 is 9.53 Å². The van der Waals surface area contributed by atoms with Gasteiger partial charge in [0.1, 0.15) is 4.83 Å².